The van der Waals surface area contributed by atoms with Gasteiger partial charge in [0.25, 0.3) is 0 Å². The molecule has 14 heavy (non-hydrogen) atoms. The molecule has 0 saturated carbocycles. The number of ether oxygens (including phenoxy) is 1. The summed E-state index contributed by atoms with van der Waals surface area (Å²) in [6, 6.07) is 1.13. The molecule has 1 fully saturated rings. The number of rotatable bonds is 4. The van der Waals surface area contributed by atoms with Crippen molar-refractivity contribution in [3.63, 3.8) is 0 Å². The van der Waals surface area contributed by atoms with Gasteiger partial charge in [0, 0.05) is 24.9 Å². The first-order valence-electron chi connectivity index (χ1n) is 5.36. The van der Waals surface area contributed by atoms with Crippen LogP contribution in [0.5, 0.6) is 0 Å². The molecule has 0 aromatic rings. The summed E-state index contributed by atoms with van der Waals surface area (Å²) in [5.74, 6) is 2.54. The lowest BCUT2D eigenvalue weighted by molar-refractivity contribution is 0.162. The number of methoxy groups -OCH3 is 1. The van der Waals surface area contributed by atoms with Crippen LogP contribution in [0.25, 0.3) is 0 Å². The molecule has 2 unspecified atom stereocenters. The monoisotopic (exact) mass is 217 g/mol. The largest absolute Gasteiger partial charge is 0.383 e. The smallest absolute Gasteiger partial charge is 0.0613 e. The van der Waals surface area contributed by atoms with E-state index in [-0.39, 0.29) is 0 Å². The van der Waals surface area contributed by atoms with Crippen LogP contribution in [-0.4, -0.2) is 37.3 Å². The van der Waals surface area contributed by atoms with Gasteiger partial charge in [-0.2, -0.15) is 11.8 Å². The summed E-state index contributed by atoms with van der Waals surface area (Å²) in [4.78, 5) is 0. The number of nitrogens with one attached hydrogen (secondary N) is 1. The summed E-state index contributed by atoms with van der Waals surface area (Å²) in [5.41, 5.74) is 0.493. The molecule has 2 nitrogen and oxygen atoms in total. The molecule has 1 aliphatic heterocycles. The van der Waals surface area contributed by atoms with Crippen LogP contribution in [0, 0.1) is 5.41 Å². The molecule has 3 heteroatoms. The molecule has 2 atom stereocenters. The topological polar surface area (TPSA) is 21.3 Å². The van der Waals surface area contributed by atoms with Gasteiger partial charge in [0.15, 0.2) is 0 Å². The van der Waals surface area contributed by atoms with Gasteiger partial charge in [-0.3, -0.25) is 0 Å². The average molecular weight is 217 g/mol. The van der Waals surface area contributed by atoms with Gasteiger partial charge in [0.1, 0.15) is 0 Å². The van der Waals surface area contributed by atoms with E-state index in [0.29, 0.717) is 17.5 Å². The second-order valence-electron chi connectivity index (χ2n) is 5.10. The van der Waals surface area contributed by atoms with Crippen LogP contribution < -0.4 is 5.32 Å². The van der Waals surface area contributed by atoms with Gasteiger partial charge in [0.05, 0.1) is 6.61 Å². The standard InChI is InChI=1S/C11H23NOS/c1-9(6-13-4)12-10-5-11(2,3)8-14-7-10/h9-10,12H,5-8H2,1-4H3. The number of hydrogen-bond donors (Lipinski definition) is 1. The summed E-state index contributed by atoms with van der Waals surface area (Å²) in [6.07, 6.45) is 1.29. The lowest BCUT2D eigenvalue weighted by atomic mass is 9.87. The van der Waals surface area contributed by atoms with Crippen molar-refractivity contribution in [2.45, 2.75) is 39.3 Å². The van der Waals surface area contributed by atoms with Crippen molar-refractivity contribution in [1.29, 1.82) is 0 Å². The van der Waals surface area contributed by atoms with Crippen LogP contribution in [0.2, 0.25) is 0 Å². The third-order valence-electron chi connectivity index (χ3n) is 2.55. The molecule has 1 saturated heterocycles. The summed E-state index contributed by atoms with van der Waals surface area (Å²) < 4.78 is 5.13. The minimum absolute atomic E-state index is 0.472. The van der Waals surface area contributed by atoms with Crippen molar-refractivity contribution in [3.8, 4) is 0 Å². The van der Waals surface area contributed by atoms with Crippen molar-refractivity contribution in [3.05, 3.63) is 0 Å². The van der Waals surface area contributed by atoms with Crippen LogP contribution in [-0.2, 0) is 4.74 Å². The maximum Gasteiger partial charge on any atom is 0.0613 e. The first kappa shape index (κ1) is 12.3. The maximum absolute atomic E-state index is 5.13. The van der Waals surface area contributed by atoms with Crippen LogP contribution in [0.15, 0.2) is 0 Å². The van der Waals surface area contributed by atoms with Crippen LogP contribution in [0.4, 0.5) is 0 Å². The second-order valence-corrected chi connectivity index (χ2v) is 6.13. The molecule has 0 aliphatic carbocycles. The van der Waals surface area contributed by atoms with E-state index in [4.69, 9.17) is 4.74 Å². The van der Waals surface area contributed by atoms with Crippen molar-refractivity contribution in [2.24, 2.45) is 5.41 Å². The van der Waals surface area contributed by atoms with E-state index in [0.717, 1.165) is 6.61 Å². The van der Waals surface area contributed by atoms with Crippen LogP contribution in [0.3, 0.4) is 0 Å². The molecule has 0 spiro atoms. The second kappa shape index (κ2) is 5.38. The van der Waals surface area contributed by atoms with Gasteiger partial charge in [0.2, 0.25) is 0 Å². The zero-order chi connectivity index (χ0) is 10.6. The van der Waals surface area contributed by atoms with Gasteiger partial charge >= 0.3 is 0 Å². The Hall–Kier alpha value is 0.270. The Balaban J connectivity index is 2.30. The van der Waals surface area contributed by atoms with E-state index in [1.807, 2.05) is 0 Å². The molecule has 1 aliphatic rings. The van der Waals surface area contributed by atoms with Gasteiger partial charge in [-0.25, -0.2) is 0 Å². The fraction of sp³-hybridized carbons (Fsp3) is 1.00. The first-order chi connectivity index (χ1) is 6.53. The fourth-order valence-corrected chi connectivity index (χ4v) is 3.36. The Labute approximate surface area is 92.2 Å². The summed E-state index contributed by atoms with van der Waals surface area (Å²) >= 11 is 2.07. The van der Waals surface area contributed by atoms with Crippen molar-refractivity contribution < 1.29 is 4.74 Å². The van der Waals surface area contributed by atoms with Crippen molar-refractivity contribution >= 4 is 11.8 Å². The highest BCUT2D eigenvalue weighted by Crippen LogP contribution is 2.33. The summed E-state index contributed by atoms with van der Waals surface area (Å²) in [5, 5.41) is 3.63. The SMILES string of the molecule is COCC(C)NC1CSCC(C)(C)C1. The highest BCUT2D eigenvalue weighted by molar-refractivity contribution is 7.99. The zero-order valence-corrected chi connectivity index (χ0v) is 10.6. The quantitative estimate of drug-likeness (QED) is 0.779. The van der Waals surface area contributed by atoms with Crippen molar-refractivity contribution in [2.75, 3.05) is 25.2 Å². The molecule has 0 amide bonds. The van der Waals surface area contributed by atoms with E-state index >= 15 is 0 Å². The Bertz CT molecular complexity index is 173. The minimum atomic E-state index is 0.472. The third-order valence-corrected chi connectivity index (χ3v) is 4.17. The molecule has 0 bridgehead atoms. The first-order valence-corrected chi connectivity index (χ1v) is 6.52. The van der Waals surface area contributed by atoms with Crippen LogP contribution in [0.1, 0.15) is 27.2 Å². The Morgan fingerprint density at radius 2 is 2.29 bits per heavy atom. The normalized spacial score (nSPS) is 28.7. The minimum Gasteiger partial charge on any atom is -0.383 e. The molecule has 1 N–H and O–H groups in total. The van der Waals surface area contributed by atoms with E-state index < -0.39 is 0 Å². The lowest BCUT2D eigenvalue weighted by Gasteiger charge is -2.36. The van der Waals surface area contributed by atoms with Gasteiger partial charge in [-0.1, -0.05) is 13.8 Å². The Morgan fingerprint density at radius 3 is 2.86 bits per heavy atom. The third kappa shape index (κ3) is 4.20. The molecule has 0 radical (unpaired) electrons. The Morgan fingerprint density at radius 1 is 1.57 bits per heavy atom. The zero-order valence-electron chi connectivity index (χ0n) is 9.80. The predicted octanol–water partition coefficient (Wildman–Crippen LogP) is 2.14. The van der Waals surface area contributed by atoms with Gasteiger partial charge in [-0.15, -0.1) is 0 Å². The highest BCUT2D eigenvalue weighted by atomic mass is 32.2. The molecule has 0 aromatic heterocycles. The van der Waals surface area contributed by atoms with Crippen molar-refractivity contribution in [1.82, 2.24) is 5.32 Å². The molecule has 84 valence electrons. The van der Waals surface area contributed by atoms with Gasteiger partial charge in [-0.05, 0) is 24.5 Å². The van der Waals surface area contributed by atoms with E-state index in [1.54, 1.807) is 7.11 Å². The number of hydrogen-bond acceptors (Lipinski definition) is 3. The average Bonchev–Trinajstić information content (AvgIpc) is 2.02. The number of thioether (sulfide) groups is 1. The molecular weight excluding hydrogens is 194 g/mol. The lowest BCUT2D eigenvalue weighted by Crippen LogP contribution is -2.45. The predicted molar refractivity (Wildman–Crippen MR) is 64.0 cm³/mol. The summed E-state index contributed by atoms with van der Waals surface area (Å²) in [6.45, 7) is 7.71. The van der Waals surface area contributed by atoms with Crippen LogP contribution >= 0.6 is 11.8 Å². The molecule has 1 heterocycles. The highest BCUT2D eigenvalue weighted by Gasteiger charge is 2.28. The molecular formula is C11H23NOS. The molecule has 1 rings (SSSR count). The fourth-order valence-electron chi connectivity index (χ4n) is 2.07. The molecule has 0 aromatic carbocycles. The maximum atomic E-state index is 5.13. The van der Waals surface area contributed by atoms with E-state index in [1.165, 1.54) is 17.9 Å². The summed E-state index contributed by atoms with van der Waals surface area (Å²) in [7, 11) is 1.76. The van der Waals surface area contributed by atoms with E-state index in [2.05, 4.69) is 37.8 Å². The Kier molecular flexibility index (Phi) is 4.74. The van der Waals surface area contributed by atoms with Gasteiger partial charge < -0.3 is 10.1 Å². The van der Waals surface area contributed by atoms with E-state index in [9.17, 15) is 0 Å².